The van der Waals surface area contributed by atoms with Crippen LogP contribution in [0, 0.1) is 0 Å². The zero-order valence-electron chi connectivity index (χ0n) is 10.9. The summed E-state index contributed by atoms with van der Waals surface area (Å²) < 4.78 is 0. The summed E-state index contributed by atoms with van der Waals surface area (Å²) in [6, 6.07) is 6.44. The lowest BCUT2D eigenvalue weighted by atomic mass is 9.99. The first-order valence-corrected chi connectivity index (χ1v) is 6.50. The Morgan fingerprint density at radius 1 is 1.50 bits per heavy atom. The van der Waals surface area contributed by atoms with Crippen LogP contribution in [0.4, 0.5) is 5.69 Å². The van der Waals surface area contributed by atoms with Gasteiger partial charge >= 0.3 is 0 Å². The molecule has 0 spiro atoms. The molecule has 0 aromatic heterocycles. The van der Waals surface area contributed by atoms with Crippen LogP contribution in [0.5, 0.6) is 0 Å². The quantitative estimate of drug-likeness (QED) is 0.835. The molecule has 1 heterocycles. The van der Waals surface area contributed by atoms with Crippen LogP contribution in [0.25, 0.3) is 0 Å². The Kier molecular flexibility index (Phi) is 4.20. The third-order valence-electron chi connectivity index (χ3n) is 3.36. The van der Waals surface area contributed by atoms with E-state index >= 15 is 0 Å². The van der Waals surface area contributed by atoms with Crippen molar-refractivity contribution in [3.8, 4) is 0 Å². The summed E-state index contributed by atoms with van der Waals surface area (Å²) in [4.78, 5) is 13.6. The smallest absolute Gasteiger partial charge is 0.221 e. The third-order valence-corrected chi connectivity index (χ3v) is 3.36. The molecule has 1 aliphatic rings. The molecule has 18 heavy (non-hydrogen) atoms. The average Bonchev–Trinajstić information content (AvgIpc) is 2.37. The number of hydrogen-bond acceptors (Lipinski definition) is 3. The molecule has 1 aromatic rings. The van der Waals surface area contributed by atoms with Crippen LogP contribution in [0.15, 0.2) is 18.2 Å². The number of rotatable bonds is 4. The van der Waals surface area contributed by atoms with E-state index in [1.54, 1.807) is 0 Å². The Labute approximate surface area is 108 Å². The second kappa shape index (κ2) is 5.87. The molecule has 1 aromatic carbocycles. The first kappa shape index (κ1) is 12.9. The Bertz CT molecular complexity index is 431. The minimum atomic E-state index is 0.0207. The van der Waals surface area contributed by atoms with Gasteiger partial charge in [0.05, 0.1) is 0 Å². The number of anilines is 1. The maximum Gasteiger partial charge on any atom is 0.221 e. The number of carbonyl (C=O) groups excluding carboxylic acids is 1. The fourth-order valence-electron chi connectivity index (χ4n) is 2.37. The molecule has 0 fully saturated rings. The van der Waals surface area contributed by atoms with Crippen LogP contribution in [0.1, 0.15) is 24.0 Å². The molecule has 4 nitrogen and oxygen atoms in total. The van der Waals surface area contributed by atoms with Crippen molar-refractivity contribution in [1.82, 2.24) is 5.32 Å². The monoisotopic (exact) mass is 247 g/mol. The lowest BCUT2D eigenvalue weighted by Crippen LogP contribution is -2.26. The van der Waals surface area contributed by atoms with Crippen molar-refractivity contribution in [3.05, 3.63) is 29.3 Å². The van der Waals surface area contributed by atoms with Crippen LogP contribution in [-0.2, 0) is 17.8 Å². The number of benzene rings is 1. The Hall–Kier alpha value is -1.55. The van der Waals surface area contributed by atoms with E-state index in [1.807, 2.05) is 0 Å². The predicted octanol–water partition coefficient (Wildman–Crippen LogP) is 1.03. The van der Waals surface area contributed by atoms with E-state index in [2.05, 4.69) is 35.5 Å². The SMILES string of the molecule is CN1CCCc2cc(CNC(=O)CCN)ccc21. The third kappa shape index (κ3) is 3.01. The highest BCUT2D eigenvalue weighted by Crippen LogP contribution is 2.26. The lowest BCUT2D eigenvalue weighted by molar-refractivity contribution is -0.121. The Morgan fingerprint density at radius 2 is 2.33 bits per heavy atom. The minimum absolute atomic E-state index is 0.0207. The van der Waals surface area contributed by atoms with Gasteiger partial charge in [0.15, 0.2) is 0 Å². The van der Waals surface area contributed by atoms with Crippen molar-refractivity contribution >= 4 is 11.6 Å². The first-order chi connectivity index (χ1) is 8.70. The van der Waals surface area contributed by atoms with Gasteiger partial charge < -0.3 is 16.0 Å². The number of carbonyl (C=O) groups is 1. The van der Waals surface area contributed by atoms with Gasteiger partial charge in [0.1, 0.15) is 0 Å². The van der Waals surface area contributed by atoms with Crippen LogP contribution in [0.2, 0.25) is 0 Å². The molecule has 3 N–H and O–H groups in total. The van der Waals surface area contributed by atoms with E-state index in [-0.39, 0.29) is 5.91 Å². The standard InChI is InChI=1S/C14H21N3O/c1-17-8-2-3-12-9-11(4-5-13(12)17)10-16-14(18)6-7-15/h4-5,9H,2-3,6-8,10,15H2,1H3,(H,16,18). The van der Waals surface area contributed by atoms with E-state index < -0.39 is 0 Å². The molecule has 2 rings (SSSR count). The maximum atomic E-state index is 11.4. The maximum absolute atomic E-state index is 11.4. The second-order valence-corrected chi connectivity index (χ2v) is 4.80. The Balaban J connectivity index is 2.00. The van der Waals surface area contributed by atoms with Gasteiger partial charge in [-0.25, -0.2) is 0 Å². The molecule has 1 aliphatic heterocycles. The van der Waals surface area contributed by atoms with Crippen molar-refractivity contribution in [3.63, 3.8) is 0 Å². The van der Waals surface area contributed by atoms with Gasteiger partial charge in [0.2, 0.25) is 5.91 Å². The van der Waals surface area contributed by atoms with Gasteiger partial charge in [-0.15, -0.1) is 0 Å². The van der Waals surface area contributed by atoms with Crippen LogP contribution in [0.3, 0.4) is 0 Å². The Morgan fingerprint density at radius 3 is 3.11 bits per heavy atom. The fraction of sp³-hybridized carbons (Fsp3) is 0.500. The average molecular weight is 247 g/mol. The molecule has 0 saturated heterocycles. The van der Waals surface area contributed by atoms with Gasteiger partial charge in [-0.2, -0.15) is 0 Å². The lowest BCUT2D eigenvalue weighted by Gasteiger charge is -2.27. The highest BCUT2D eigenvalue weighted by molar-refractivity contribution is 5.76. The van der Waals surface area contributed by atoms with E-state index in [0.717, 1.165) is 18.5 Å². The zero-order chi connectivity index (χ0) is 13.0. The molecule has 0 atom stereocenters. The van der Waals surface area contributed by atoms with Crippen molar-refractivity contribution in [2.75, 3.05) is 25.0 Å². The van der Waals surface area contributed by atoms with E-state index in [1.165, 1.54) is 17.7 Å². The number of fused-ring (bicyclic) bond motifs is 1. The van der Waals surface area contributed by atoms with Crippen LogP contribution >= 0.6 is 0 Å². The summed E-state index contributed by atoms with van der Waals surface area (Å²) in [6.45, 7) is 2.12. The summed E-state index contributed by atoms with van der Waals surface area (Å²) in [5.74, 6) is 0.0207. The molecule has 0 saturated carbocycles. The predicted molar refractivity (Wildman–Crippen MR) is 73.6 cm³/mol. The molecular weight excluding hydrogens is 226 g/mol. The summed E-state index contributed by atoms with van der Waals surface area (Å²) in [5.41, 5.74) is 9.20. The van der Waals surface area contributed by atoms with Gasteiger partial charge in [-0.1, -0.05) is 12.1 Å². The number of nitrogens with two attached hydrogens (primary N) is 1. The van der Waals surface area contributed by atoms with Gasteiger partial charge in [0.25, 0.3) is 0 Å². The molecule has 1 amide bonds. The first-order valence-electron chi connectivity index (χ1n) is 6.50. The highest BCUT2D eigenvalue weighted by Gasteiger charge is 2.13. The molecule has 0 bridgehead atoms. The number of amides is 1. The summed E-state index contributed by atoms with van der Waals surface area (Å²) in [7, 11) is 2.13. The number of hydrogen-bond donors (Lipinski definition) is 2. The van der Waals surface area contributed by atoms with Crippen molar-refractivity contribution < 1.29 is 4.79 Å². The minimum Gasteiger partial charge on any atom is -0.374 e. The van der Waals surface area contributed by atoms with Gasteiger partial charge in [-0.05, 0) is 30.0 Å². The van der Waals surface area contributed by atoms with Crippen molar-refractivity contribution in [2.45, 2.75) is 25.8 Å². The number of aryl methyl sites for hydroxylation is 1. The zero-order valence-corrected chi connectivity index (χ0v) is 10.9. The van der Waals surface area contributed by atoms with E-state index in [0.29, 0.717) is 19.5 Å². The van der Waals surface area contributed by atoms with E-state index in [4.69, 9.17) is 5.73 Å². The summed E-state index contributed by atoms with van der Waals surface area (Å²) in [5, 5.41) is 2.89. The topological polar surface area (TPSA) is 58.4 Å². The second-order valence-electron chi connectivity index (χ2n) is 4.80. The fourth-order valence-corrected chi connectivity index (χ4v) is 2.37. The normalized spacial score (nSPS) is 14.2. The number of nitrogens with zero attached hydrogens (tertiary/aromatic N) is 1. The summed E-state index contributed by atoms with van der Waals surface area (Å²) in [6.07, 6.45) is 2.73. The summed E-state index contributed by atoms with van der Waals surface area (Å²) >= 11 is 0. The highest BCUT2D eigenvalue weighted by atomic mass is 16.1. The van der Waals surface area contributed by atoms with Crippen molar-refractivity contribution in [1.29, 1.82) is 0 Å². The largest absolute Gasteiger partial charge is 0.374 e. The number of nitrogens with one attached hydrogen (secondary N) is 1. The molecule has 4 heteroatoms. The van der Waals surface area contributed by atoms with Crippen molar-refractivity contribution in [2.24, 2.45) is 5.73 Å². The van der Waals surface area contributed by atoms with Gasteiger partial charge in [0, 0.05) is 38.8 Å². The molecular formula is C14H21N3O. The van der Waals surface area contributed by atoms with Crippen LogP contribution < -0.4 is 16.0 Å². The molecule has 0 unspecified atom stereocenters. The van der Waals surface area contributed by atoms with Crippen LogP contribution in [-0.4, -0.2) is 26.0 Å². The molecule has 0 radical (unpaired) electrons. The van der Waals surface area contributed by atoms with Gasteiger partial charge in [-0.3, -0.25) is 4.79 Å². The molecule has 0 aliphatic carbocycles. The molecule has 98 valence electrons. The van der Waals surface area contributed by atoms with E-state index in [9.17, 15) is 4.79 Å².